The summed E-state index contributed by atoms with van der Waals surface area (Å²) in [7, 11) is 0. The monoisotopic (exact) mass is 348 g/mol. The maximum absolute atomic E-state index is 12.3. The summed E-state index contributed by atoms with van der Waals surface area (Å²) < 4.78 is 10.9. The summed E-state index contributed by atoms with van der Waals surface area (Å²) in [6.45, 7) is 8.20. The summed E-state index contributed by atoms with van der Waals surface area (Å²) in [5.41, 5.74) is 8.87. The van der Waals surface area contributed by atoms with Crippen molar-refractivity contribution in [3.63, 3.8) is 0 Å². The van der Waals surface area contributed by atoms with Crippen LogP contribution in [0.2, 0.25) is 0 Å². The highest BCUT2D eigenvalue weighted by Crippen LogP contribution is 2.32. The predicted octanol–water partition coefficient (Wildman–Crippen LogP) is 1.04. The third-order valence-corrected chi connectivity index (χ3v) is 4.74. The van der Waals surface area contributed by atoms with Gasteiger partial charge in [0.25, 0.3) is 0 Å². The molecular formula is C18H28N4O3. The van der Waals surface area contributed by atoms with Gasteiger partial charge in [0.1, 0.15) is 0 Å². The van der Waals surface area contributed by atoms with E-state index in [9.17, 15) is 4.79 Å². The lowest BCUT2D eigenvalue weighted by Crippen LogP contribution is -2.39. The number of ether oxygens (including phenoxy) is 2. The molecular weight excluding hydrogens is 320 g/mol. The average Bonchev–Trinajstić information content (AvgIpc) is 2.69. The standard InChI is InChI=1S/C18H28N4O3/c1-2-15(19)18(23)20-16-4-3-14(21-5-9-24-10-6-21)13-17(16)22-7-11-25-12-8-22/h3-4,13,15H,2,5-12,19H2,1H3,(H,20,23)/t15-/m0/s1. The van der Waals surface area contributed by atoms with Crippen LogP contribution in [0, 0.1) is 0 Å². The third-order valence-electron chi connectivity index (χ3n) is 4.74. The second kappa shape index (κ2) is 8.51. The van der Waals surface area contributed by atoms with Crippen molar-refractivity contribution in [2.45, 2.75) is 19.4 Å². The van der Waals surface area contributed by atoms with Gasteiger partial charge in [0.05, 0.1) is 43.8 Å². The number of hydrogen-bond donors (Lipinski definition) is 2. The molecule has 3 rings (SSSR count). The first-order valence-electron chi connectivity index (χ1n) is 9.05. The molecule has 0 unspecified atom stereocenters. The van der Waals surface area contributed by atoms with Crippen molar-refractivity contribution < 1.29 is 14.3 Å². The van der Waals surface area contributed by atoms with Gasteiger partial charge in [0, 0.05) is 31.9 Å². The molecule has 2 heterocycles. The minimum Gasteiger partial charge on any atom is -0.378 e. The molecule has 2 saturated heterocycles. The van der Waals surface area contributed by atoms with E-state index in [1.165, 1.54) is 0 Å². The highest BCUT2D eigenvalue weighted by molar-refractivity contribution is 5.98. The molecule has 7 nitrogen and oxygen atoms in total. The number of carbonyl (C=O) groups is 1. The molecule has 3 N–H and O–H groups in total. The van der Waals surface area contributed by atoms with Gasteiger partial charge in [-0.1, -0.05) is 6.92 Å². The van der Waals surface area contributed by atoms with Crippen molar-refractivity contribution >= 4 is 23.0 Å². The Labute approximate surface area is 149 Å². The van der Waals surface area contributed by atoms with Crippen molar-refractivity contribution in [2.75, 3.05) is 67.7 Å². The molecule has 0 aromatic heterocycles. The third kappa shape index (κ3) is 4.42. The fourth-order valence-corrected chi connectivity index (χ4v) is 3.12. The van der Waals surface area contributed by atoms with Crippen LogP contribution in [0.1, 0.15) is 13.3 Å². The first-order chi connectivity index (χ1) is 12.2. The van der Waals surface area contributed by atoms with E-state index in [0.717, 1.165) is 56.5 Å². The Morgan fingerprint density at radius 2 is 1.72 bits per heavy atom. The van der Waals surface area contributed by atoms with Gasteiger partial charge in [-0.05, 0) is 24.6 Å². The van der Waals surface area contributed by atoms with Crippen molar-refractivity contribution in [3.8, 4) is 0 Å². The highest BCUT2D eigenvalue weighted by Gasteiger charge is 2.20. The van der Waals surface area contributed by atoms with Crippen molar-refractivity contribution in [1.82, 2.24) is 0 Å². The number of rotatable bonds is 5. The normalized spacial score (nSPS) is 19.6. The van der Waals surface area contributed by atoms with Crippen LogP contribution in [0.15, 0.2) is 18.2 Å². The van der Waals surface area contributed by atoms with Gasteiger partial charge in [0.15, 0.2) is 0 Å². The predicted molar refractivity (Wildman–Crippen MR) is 99.4 cm³/mol. The van der Waals surface area contributed by atoms with E-state index < -0.39 is 6.04 Å². The first-order valence-corrected chi connectivity index (χ1v) is 9.05. The van der Waals surface area contributed by atoms with Crippen LogP contribution in [0.25, 0.3) is 0 Å². The lowest BCUT2D eigenvalue weighted by atomic mass is 10.1. The summed E-state index contributed by atoms with van der Waals surface area (Å²) in [6, 6.07) is 5.71. The Morgan fingerprint density at radius 1 is 1.12 bits per heavy atom. The molecule has 25 heavy (non-hydrogen) atoms. The van der Waals surface area contributed by atoms with Crippen LogP contribution in [-0.4, -0.2) is 64.6 Å². The van der Waals surface area contributed by atoms with Crippen LogP contribution < -0.4 is 20.9 Å². The summed E-state index contributed by atoms with van der Waals surface area (Å²) in [4.78, 5) is 16.8. The highest BCUT2D eigenvalue weighted by atomic mass is 16.5. The van der Waals surface area contributed by atoms with E-state index in [2.05, 4.69) is 27.2 Å². The van der Waals surface area contributed by atoms with Crippen LogP contribution in [-0.2, 0) is 14.3 Å². The number of hydrogen-bond acceptors (Lipinski definition) is 6. The molecule has 0 radical (unpaired) electrons. The molecule has 0 saturated carbocycles. The molecule has 2 fully saturated rings. The molecule has 0 bridgehead atoms. The first kappa shape index (κ1) is 18.0. The van der Waals surface area contributed by atoms with Crippen LogP contribution >= 0.6 is 0 Å². The van der Waals surface area contributed by atoms with Gasteiger partial charge < -0.3 is 30.3 Å². The van der Waals surface area contributed by atoms with E-state index in [4.69, 9.17) is 15.2 Å². The minimum absolute atomic E-state index is 0.142. The number of carbonyl (C=O) groups excluding carboxylic acids is 1. The van der Waals surface area contributed by atoms with E-state index in [0.29, 0.717) is 19.6 Å². The van der Waals surface area contributed by atoms with E-state index in [1.807, 2.05) is 13.0 Å². The minimum atomic E-state index is -0.489. The Kier molecular flexibility index (Phi) is 6.12. The second-order valence-corrected chi connectivity index (χ2v) is 6.40. The van der Waals surface area contributed by atoms with Gasteiger partial charge in [0.2, 0.25) is 5.91 Å². The number of nitrogens with one attached hydrogen (secondary N) is 1. The number of benzene rings is 1. The van der Waals surface area contributed by atoms with Crippen molar-refractivity contribution in [2.24, 2.45) is 5.73 Å². The molecule has 0 spiro atoms. The molecule has 1 atom stereocenters. The van der Waals surface area contributed by atoms with Crippen LogP contribution in [0.5, 0.6) is 0 Å². The zero-order valence-electron chi connectivity index (χ0n) is 14.9. The number of anilines is 3. The molecule has 138 valence electrons. The van der Waals surface area contributed by atoms with Crippen molar-refractivity contribution in [1.29, 1.82) is 0 Å². The Hall–Kier alpha value is -1.83. The molecule has 2 aliphatic heterocycles. The summed E-state index contributed by atoms with van der Waals surface area (Å²) >= 11 is 0. The SMILES string of the molecule is CC[C@H](N)C(=O)Nc1ccc(N2CCOCC2)cc1N1CCOCC1. The number of nitrogens with zero attached hydrogens (tertiary/aromatic N) is 2. The van der Waals surface area contributed by atoms with Gasteiger partial charge in [-0.3, -0.25) is 4.79 Å². The van der Waals surface area contributed by atoms with E-state index in [1.54, 1.807) is 0 Å². The van der Waals surface area contributed by atoms with Gasteiger partial charge in [-0.2, -0.15) is 0 Å². The molecule has 1 aromatic rings. The molecule has 1 amide bonds. The fourth-order valence-electron chi connectivity index (χ4n) is 3.12. The molecule has 0 aliphatic carbocycles. The smallest absolute Gasteiger partial charge is 0.241 e. The van der Waals surface area contributed by atoms with Gasteiger partial charge in [-0.25, -0.2) is 0 Å². The van der Waals surface area contributed by atoms with Crippen LogP contribution in [0.3, 0.4) is 0 Å². The van der Waals surface area contributed by atoms with E-state index in [-0.39, 0.29) is 5.91 Å². The Balaban J connectivity index is 1.85. The zero-order chi connectivity index (χ0) is 17.6. The largest absolute Gasteiger partial charge is 0.378 e. The lowest BCUT2D eigenvalue weighted by molar-refractivity contribution is -0.117. The fraction of sp³-hybridized carbons (Fsp3) is 0.611. The lowest BCUT2D eigenvalue weighted by Gasteiger charge is -2.33. The van der Waals surface area contributed by atoms with Gasteiger partial charge >= 0.3 is 0 Å². The molecule has 2 aliphatic rings. The summed E-state index contributed by atoms with van der Waals surface area (Å²) in [5, 5.41) is 3.00. The maximum Gasteiger partial charge on any atom is 0.241 e. The summed E-state index contributed by atoms with van der Waals surface area (Å²) in [6.07, 6.45) is 0.616. The van der Waals surface area contributed by atoms with E-state index >= 15 is 0 Å². The quantitative estimate of drug-likeness (QED) is 0.828. The summed E-state index contributed by atoms with van der Waals surface area (Å²) in [5.74, 6) is -0.142. The molecule has 7 heteroatoms. The second-order valence-electron chi connectivity index (χ2n) is 6.40. The topological polar surface area (TPSA) is 80.1 Å². The average molecular weight is 348 g/mol. The number of amides is 1. The number of nitrogens with two attached hydrogens (primary N) is 1. The Bertz CT molecular complexity index is 584. The number of morpholine rings is 2. The maximum atomic E-state index is 12.3. The van der Waals surface area contributed by atoms with Crippen molar-refractivity contribution in [3.05, 3.63) is 18.2 Å². The molecule has 1 aromatic carbocycles. The van der Waals surface area contributed by atoms with Gasteiger partial charge in [-0.15, -0.1) is 0 Å². The van der Waals surface area contributed by atoms with Crippen LogP contribution in [0.4, 0.5) is 17.1 Å². The zero-order valence-corrected chi connectivity index (χ0v) is 14.9. The Morgan fingerprint density at radius 3 is 2.32 bits per heavy atom.